The third-order valence-electron chi connectivity index (χ3n) is 5.05. The second-order valence-corrected chi connectivity index (χ2v) is 8.11. The van der Waals surface area contributed by atoms with Gasteiger partial charge in [0.15, 0.2) is 10.7 Å². The molecule has 0 aliphatic rings. The molecule has 0 spiro atoms. The number of fused-ring (bicyclic) bond motifs is 2. The number of thiazole rings is 1. The first kappa shape index (κ1) is 17.0. The smallest absolute Gasteiger partial charge is 0.302 e. The number of anilines is 2. The van der Waals surface area contributed by atoms with Crippen molar-refractivity contribution in [2.45, 2.75) is 20.3 Å². The van der Waals surface area contributed by atoms with Crippen molar-refractivity contribution in [3.8, 4) is 11.1 Å². The van der Waals surface area contributed by atoms with E-state index in [1.807, 2.05) is 6.07 Å². The molecule has 140 valence electrons. The van der Waals surface area contributed by atoms with Gasteiger partial charge in [0, 0.05) is 29.0 Å². The monoisotopic (exact) mass is 388 g/mol. The Morgan fingerprint density at radius 2 is 1.89 bits per heavy atom. The maximum Gasteiger partial charge on any atom is 0.302 e. The first-order chi connectivity index (χ1) is 13.6. The summed E-state index contributed by atoms with van der Waals surface area (Å²) in [5.74, 6) is 0. The van der Waals surface area contributed by atoms with Crippen LogP contribution in [-0.2, 0) is 13.5 Å². The van der Waals surface area contributed by atoms with E-state index in [9.17, 15) is 0 Å². The summed E-state index contributed by atoms with van der Waals surface area (Å²) in [5, 5.41) is 5.25. The summed E-state index contributed by atoms with van der Waals surface area (Å²) >= 11 is 1.62. The molecule has 5 nitrogen and oxygen atoms in total. The molecule has 28 heavy (non-hydrogen) atoms. The van der Waals surface area contributed by atoms with Gasteiger partial charge in [0.05, 0.1) is 5.69 Å². The summed E-state index contributed by atoms with van der Waals surface area (Å²) in [6.45, 7) is 4.20. The Balaban J connectivity index is 1.48. The first-order valence-corrected chi connectivity index (χ1v) is 10.1. The fourth-order valence-corrected chi connectivity index (χ4v) is 4.41. The van der Waals surface area contributed by atoms with Crippen LogP contribution >= 0.6 is 11.3 Å². The van der Waals surface area contributed by atoms with Crippen molar-refractivity contribution in [1.82, 2.24) is 14.5 Å². The number of aromatic nitrogens is 3. The van der Waals surface area contributed by atoms with Crippen molar-refractivity contribution >= 4 is 44.5 Å². The highest BCUT2D eigenvalue weighted by Gasteiger charge is 2.12. The van der Waals surface area contributed by atoms with Crippen LogP contribution in [0.3, 0.4) is 0 Å². The number of nitrogens with one attached hydrogen (secondary N) is 1. The second-order valence-electron chi connectivity index (χ2n) is 6.90. The van der Waals surface area contributed by atoms with E-state index in [1.54, 1.807) is 11.3 Å². The maximum absolute atomic E-state index is 5.86. The lowest BCUT2D eigenvalue weighted by Crippen LogP contribution is -1.90. The molecular formula is C22H20N4OS. The molecule has 0 fully saturated rings. The number of nitrogens with zero attached hydrogens (tertiary/aromatic N) is 3. The molecule has 5 rings (SSSR count). The van der Waals surface area contributed by atoms with Crippen molar-refractivity contribution in [1.29, 1.82) is 0 Å². The van der Waals surface area contributed by atoms with Crippen LogP contribution in [-0.4, -0.2) is 14.5 Å². The summed E-state index contributed by atoms with van der Waals surface area (Å²) < 4.78 is 7.99. The second kappa shape index (κ2) is 6.49. The maximum atomic E-state index is 5.86. The Labute approximate surface area is 166 Å². The van der Waals surface area contributed by atoms with Crippen LogP contribution < -0.4 is 5.32 Å². The Morgan fingerprint density at radius 1 is 1.07 bits per heavy atom. The van der Waals surface area contributed by atoms with Gasteiger partial charge in [0.1, 0.15) is 5.52 Å². The van der Waals surface area contributed by atoms with Gasteiger partial charge in [0.2, 0.25) is 0 Å². The minimum atomic E-state index is 0.474. The molecule has 1 N–H and O–H groups in total. The zero-order valence-electron chi connectivity index (χ0n) is 16.0. The highest BCUT2D eigenvalue weighted by atomic mass is 32.1. The van der Waals surface area contributed by atoms with E-state index in [1.165, 1.54) is 21.3 Å². The van der Waals surface area contributed by atoms with Crippen molar-refractivity contribution in [3.63, 3.8) is 0 Å². The van der Waals surface area contributed by atoms with E-state index in [-0.39, 0.29) is 0 Å². The minimum absolute atomic E-state index is 0.474. The van der Waals surface area contributed by atoms with Gasteiger partial charge < -0.3 is 8.98 Å². The molecule has 0 unspecified atom stereocenters. The third-order valence-corrected chi connectivity index (χ3v) is 5.98. The van der Waals surface area contributed by atoms with Gasteiger partial charge in [-0.05, 0) is 54.8 Å². The van der Waals surface area contributed by atoms with E-state index >= 15 is 0 Å². The lowest BCUT2D eigenvalue weighted by molar-refractivity contribution is 0.623. The van der Waals surface area contributed by atoms with Crippen LogP contribution in [0.4, 0.5) is 11.1 Å². The topological polar surface area (TPSA) is 55.9 Å². The van der Waals surface area contributed by atoms with E-state index < -0.39 is 0 Å². The predicted octanol–water partition coefficient (Wildman–Crippen LogP) is 6.06. The van der Waals surface area contributed by atoms with E-state index in [4.69, 9.17) is 4.42 Å². The number of oxazole rings is 1. The van der Waals surface area contributed by atoms with Crippen LogP contribution in [0, 0.1) is 6.92 Å². The average molecular weight is 388 g/mol. The van der Waals surface area contributed by atoms with Gasteiger partial charge in [-0.25, -0.2) is 4.98 Å². The molecule has 0 amide bonds. The van der Waals surface area contributed by atoms with E-state index in [2.05, 4.69) is 83.3 Å². The van der Waals surface area contributed by atoms with Crippen molar-refractivity contribution in [3.05, 3.63) is 59.2 Å². The Bertz CT molecular complexity index is 1310. The fraction of sp³-hybridized carbons (Fsp3) is 0.182. The third kappa shape index (κ3) is 2.86. The molecule has 0 aliphatic heterocycles. The Hall–Kier alpha value is -3.12. The van der Waals surface area contributed by atoms with Crippen molar-refractivity contribution in [2.24, 2.45) is 7.05 Å². The molecule has 3 heterocycles. The lowest BCUT2D eigenvalue weighted by atomic mass is 10.0. The van der Waals surface area contributed by atoms with Crippen LogP contribution in [0.5, 0.6) is 0 Å². The standard InChI is InChI=1S/C22H20N4OS/c1-4-17-13(2)28-22(24-17)25-21-23-18-12-15(6-8-20(18)27-21)14-5-7-19-16(11-14)9-10-26(19)3/h5-12H,4H2,1-3H3,(H,23,24,25). The average Bonchev–Trinajstić information content (AvgIpc) is 3.37. The zero-order valence-corrected chi connectivity index (χ0v) is 16.8. The molecule has 0 atom stereocenters. The van der Waals surface area contributed by atoms with E-state index in [0.29, 0.717) is 6.01 Å². The van der Waals surface area contributed by atoms with Crippen molar-refractivity contribution in [2.75, 3.05) is 5.32 Å². The van der Waals surface area contributed by atoms with Gasteiger partial charge in [-0.15, -0.1) is 11.3 Å². The lowest BCUT2D eigenvalue weighted by Gasteiger charge is -2.03. The number of rotatable bonds is 4. The minimum Gasteiger partial charge on any atom is -0.423 e. The van der Waals surface area contributed by atoms with Crippen LogP contribution in [0.15, 0.2) is 53.1 Å². The van der Waals surface area contributed by atoms with E-state index in [0.717, 1.165) is 33.9 Å². The summed E-state index contributed by atoms with van der Waals surface area (Å²) in [6.07, 6.45) is 3.00. The van der Waals surface area contributed by atoms with Crippen LogP contribution in [0.2, 0.25) is 0 Å². The molecule has 5 aromatic rings. The van der Waals surface area contributed by atoms with Crippen molar-refractivity contribution < 1.29 is 4.42 Å². The molecule has 0 bridgehead atoms. The van der Waals surface area contributed by atoms with Gasteiger partial charge in [-0.2, -0.15) is 4.98 Å². The van der Waals surface area contributed by atoms with Crippen LogP contribution in [0.1, 0.15) is 17.5 Å². The summed E-state index contributed by atoms with van der Waals surface area (Å²) in [5.41, 5.74) is 6.22. The quantitative estimate of drug-likeness (QED) is 0.407. The highest BCUT2D eigenvalue weighted by Crippen LogP contribution is 2.31. The molecule has 0 saturated heterocycles. The number of aryl methyl sites for hydroxylation is 3. The molecule has 0 aliphatic carbocycles. The molecule has 0 radical (unpaired) electrons. The molecule has 0 saturated carbocycles. The zero-order chi connectivity index (χ0) is 19.3. The Kier molecular flexibility index (Phi) is 3.94. The molecule has 6 heteroatoms. The molecule has 3 aromatic heterocycles. The van der Waals surface area contributed by atoms with Gasteiger partial charge in [-0.3, -0.25) is 5.32 Å². The summed E-state index contributed by atoms with van der Waals surface area (Å²) in [4.78, 5) is 10.4. The highest BCUT2D eigenvalue weighted by molar-refractivity contribution is 7.15. The van der Waals surface area contributed by atoms with Crippen LogP contribution in [0.25, 0.3) is 33.1 Å². The summed E-state index contributed by atoms with van der Waals surface area (Å²) in [7, 11) is 2.06. The molecular weight excluding hydrogens is 368 g/mol. The predicted molar refractivity (Wildman–Crippen MR) is 115 cm³/mol. The van der Waals surface area contributed by atoms with Gasteiger partial charge in [-0.1, -0.05) is 19.1 Å². The van der Waals surface area contributed by atoms with Gasteiger partial charge in [0.25, 0.3) is 0 Å². The number of hydrogen-bond donors (Lipinski definition) is 1. The van der Waals surface area contributed by atoms with Gasteiger partial charge >= 0.3 is 6.01 Å². The molecule has 2 aromatic carbocycles. The Morgan fingerprint density at radius 3 is 2.71 bits per heavy atom. The normalized spacial score (nSPS) is 11.5. The number of hydrogen-bond acceptors (Lipinski definition) is 5. The largest absolute Gasteiger partial charge is 0.423 e. The fourth-order valence-electron chi connectivity index (χ4n) is 3.52. The SMILES string of the molecule is CCc1nc(Nc2nc3cc(-c4ccc5c(ccn5C)c4)ccc3o2)sc1C. The number of benzene rings is 2. The summed E-state index contributed by atoms with van der Waals surface area (Å²) in [6, 6.07) is 15.2. The first-order valence-electron chi connectivity index (χ1n) is 9.30.